The van der Waals surface area contributed by atoms with E-state index >= 15 is 0 Å². The minimum atomic E-state index is -0.227. The molecule has 6 nitrogen and oxygen atoms in total. The molecule has 0 saturated heterocycles. The number of carbonyl (C=O) groups excluding carboxylic acids is 1. The van der Waals surface area contributed by atoms with Crippen molar-refractivity contribution in [3.8, 4) is 11.5 Å². The fraction of sp³-hybridized carbons (Fsp3) is 0.227. The molecule has 0 saturated carbocycles. The van der Waals surface area contributed by atoms with Gasteiger partial charge in [-0.25, -0.2) is 0 Å². The number of rotatable bonds is 9. The Morgan fingerprint density at radius 1 is 1.04 bits per heavy atom. The number of hydrogen-bond acceptors (Lipinski definition) is 5. The van der Waals surface area contributed by atoms with Crippen molar-refractivity contribution >= 4 is 11.6 Å². The Morgan fingerprint density at radius 3 is 2.57 bits per heavy atom. The quantitative estimate of drug-likeness (QED) is 0.589. The van der Waals surface area contributed by atoms with E-state index in [1.54, 1.807) is 13.4 Å². The molecule has 1 amide bonds. The summed E-state index contributed by atoms with van der Waals surface area (Å²) in [5.41, 5.74) is 2.92. The highest BCUT2D eigenvalue weighted by atomic mass is 16.5. The lowest BCUT2D eigenvalue weighted by atomic mass is 10.2. The standard InChI is InChI=1S/C22H24N2O4/c1-16-5-8-18(9-6-16)24-22(25)15-28-20-10-7-17(12-21(20)26-2)13-23-14-19-4-3-11-27-19/h3-12,23H,13-15H2,1-2H3,(H,24,25). The third kappa shape index (κ3) is 5.62. The van der Waals surface area contributed by atoms with Crippen LogP contribution in [0.4, 0.5) is 5.69 Å². The summed E-state index contributed by atoms with van der Waals surface area (Å²) in [5.74, 6) is 1.76. The van der Waals surface area contributed by atoms with Crippen LogP contribution in [-0.2, 0) is 17.9 Å². The van der Waals surface area contributed by atoms with Gasteiger partial charge in [0.05, 0.1) is 19.9 Å². The Labute approximate surface area is 164 Å². The summed E-state index contributed by atoms with van der Waals surface area (Å²) in [4.78, 5) is 12.1. The molecule has 28 heavy (non-hydrogen) atoms. The molecule has 6 heteroatoms. The molecule has 0 aliphatic heterocycles. The van der Waals surface area contributed by atoms with Gasteiger partial charge in [0.2, 0.25) is 0 Å². The van der Waals surface area contributed by atoms with Crippen molar-refractivity contribution in [2.45, 2.75) is 20.0 Å². The minimum absolute atomic E-state index is 0.0969. The SMILES string of the molecule is COc1cc(CNCc2ccco2)ccc1OCC(=O)Nc1ccc(C)cc1. The fourth-order valence-corrected chi connectivity index (χ4v) is 2.66. The number of carbonyl (C=O) groups is 1. The van der Waals surface area contributed by atoms with Crippen LogP contribution in [0.2, 0.25) is 0 Å². The van der Waals surface area contributed by atoms with E-state index in [1.165, 1.54) is 0 Å². The first kappa shape index (κ1) is 19.5. The molecule has 3 aromatic rings. The average Bonchev–Trinajstić information content (AvgIpc) is 3.22. The van der Waals surface area contributed by atoms with Gasteiger partial charge < -0.3 is 24.5 Å². The van der Waals surface area contributed by atoms with Crippen molar-refractivity contribution in [2.75, 3.05) is 19.0 Å². The van der Waals surface area contributed by atoms with E-state index in [0.29, 0.717) is 24.6 Å². The summed E-state index contributed by atoms with van der Waals surface area (Å²) >= 11 is 0. The Hall–Kier alpha value is -3.25. The number of methoxy groups -OCH3 is 1. The van der Waals surface area contributed by atoms with Crippen LogP contribution in [0.25, 0.3) is 0 Å². The maximum absolute atomic E-state index is 12.1. The molecule has 2 N–H and O–H groups in total. The third-order valence-electron chi connectivity index (χ3n) is 4.13. The maximum atomic E-state index is 12.1. The molecular weight excluding hydrogens is 356 g/mol. The first-order chi connectivity index (χ1) is 13.6. The van der Waals surface area contributed by atoms with Gasteiger partial charge in [-0.15, -0.1) is 0 Å². The number of benzene rings is 2. The summed E-state index contributed by atoms with van der Waals surface area (Å²) in [5, 5.41) is 6.11. The maximum Gasteiger partial charge on any atom is 0.262 e. The van der Waals surface area contributed by atoms with Crippen molar-refractivity contribution in [3.63, 3.8) is 0 Å². The van der Waals surface area contributed by atoms with E-state index in [-0.39, 0.29) is 12.5 Å². The number of nitrogens with one attached hydrogen (secondary N) is 2. The molecule has 146 valence electrons. The van der Waals surface area contributed by atoms with Crippen LogP contribution in [0.15, 0.2) is 65.3 Å². The van der Waals surface area contributed by atoms with Crippen molar-refractivity contribution in [2.24, 2.45) is 0 Å². The van der Waals surface area contributed by atoms with Gasteiger partial charge in [-0.2, -0.15) is 0 Å². The molecule has 0 bridgehead atoms. The van der Waals surface area contributed by atoms with Crippen LogP contribution in [0.1, 0.15) is 16.9 Å². The van der Waals surface area contributed by atoms with Crippen LogP contribution in [0.5, 0.6) is 11.5 Å². The van der Waals surface area contributed by atoms with Crippen LogP contribution < -0.4 is 20.1 Å². The molecule has 1 heterocycles. The van der Waals surface area contributed by atoms with E-state index in [4.69, 9.17) is 13.9 Å². The van der Waals surface area contributed by atoms with Crippen molar-refractivity contribution in [1.29, 1.82) is 0 Å². The number of aryl methyl sites for hydroxylation is 1. The smallest absolute Gasteiger partial charge is 0.262 e. The number of amides is 1. The normalized spacial score (nSPS) is 10.5. The Morgan fingerprint density at radius 2 is 1.86 bits per heavy atom. The molecule has 0 aliphatic rings. The van der Waals surface area contributed by atoms with Gasteiger partial charge in [0.15, 0.2) is 18.1 Å². The first-order valence-electron chi connectivity index (χ1n) is 9.03. The molecule has 0 unspecified atom stereocenters. The molecule has 0 radical (unpaired) electrons. The van der Waals surface area contributed by atoms with Gasteiger partial charge >= 0.3 is 0 Å². The van der Waals surface area contributed by atoms with Gasteiger partial charge in [-0.3, -0.25) is 4.79 Å². The highest BCUT2D eigenvalue weighted by Gasteiger charge is 2.09. The molecule has 0 spiro atoms. The Bertz CT molecular complexity index is 889. The molecule has 3 rings (SSSR count). The van der Waals surface area contributed by atoms with Crippen LogP contribution in [0.3, 0.4) is 0 Å². The molecule has 2 aromatic carbocycles. The predicted octanol–water partition coefficient (Wildman–Crippen LogP) is 3.90. The summed E-state index contributed by atoms with van der Waals surface area (Å²) in [6.07, 6.45) is 1.65. The Balaban J connectivity index is 1.51. The zero-order valence-electron chi connectivity index (χ0n) is 16.0. The zero-order valence-corrected chi connectivity index (χ0v) is 16.0. The van der Waals surface area contributed by atoms with E-state index in [1.807, 2.05) is 61.5 Å². The predicted molar refractivity (Wildman–Crippen MR) is 108 cm³/mol. The lowest BCUT2D eigenvalue weighted by molar-refractivity contribution is -0.118. The first-order valence-corrected chi connectivity index (χ1v) is 9.03. The minimum Gasteiger partial charge on any atom is -0.493 e. The summed E-state index contributed by atoms with van der Waals surface area (Å²) in [7, 11) is 1.58. The summed E-state index contributed by atoms with van der Waals surface area (Å²) < 4.78 is 16.3. The average molecular weight is 380 g/mol. The monoisotopic (exact) mass is 380 g/mol. The number of hydrogen-bond donors (Lipinski definition) is 2. The number of furan rings is 1. The van der Waals surface area contributed by atoms with Gasteiger partial charge in [0, 0.05) is 12.2 Å². The van der Waals surface area contributed by atoms with E-state index < -0.39 is 0 Å². The van der Waals surface area contributed by atoms with Crippen LogP contribution in [0, 0.1) is 6.92 Å². The molecule has 0 aliphatic carbocycles. The Kier molecular flexibility index (Phi) is 6.70. The van der Waals surface area contributed by atoms with Gasteiger partial charge in [0.1, 0.15) is 5.76 Å². The fourth-order valence-electron chi connectivity index (χ4n) is 2.66. The van der Waals surface area contributed by atoms with Crippen LogP contribution >= 0.6 is 0 Å². The number of anilines is 1. The van der Waals surface area contributed by atoms with Crippen molar-refractivity contribution in [3.05, 3.63) is 77.7 Å². The van der Waals surface area contributed by atoms with E-state index in [0.717, 1.165) is 22.6 Å². The van der Waals surface area contributed by atoms with Crippen LogP contribution in [-0.4, -0.2) is 19.6 Å². The highest BCUT2D eigenvalue weighted by Crippen LogP contribution is 2.28. The van der Waals surface area contributed by atoms with Crippen molar-refractivity contribution in [1.82, 2.24) is 5.32 Å². The van der Waals surface area contributed by atoms with E-state index in [9.17, 15) is 4.79 Å². The largest absolute Gasteiger partial charge is 0.493 e. The zero-order chi connectivity index (χ0) is 19.8. The second kappa shape index (κ2) is 9.62. The number of ether oxygens (including phenoxy) is 2. The van der Waals surface area contributed by atoms with E-state index in [2.05, 4.69) is 10.6 Å². The van der Waals surface area contributed by atoms with Gasteiger partial charge in [-0.05, 0) is 48.9 Å². The molecule has 0 atom stereocenters. The van der Waals surface area contributed by atoms with Gasteiger partial charge in [0.25, 0.3) is 5.91 Å². The second-order valence-corrected chi connectivity index (χ2v) is 6.37. The lowest BCUT2D eigenvalue weighted by Gasteiger charge is -2.13. The summed E-state index contributed by atoms with van der Waals surface area (Å²) in [6.45, 7) is 3.20. The topological polar surface area (TPSA) is 72.7 Å². The third-order valence-corrected chi connectivity index (χ3v) is 4.13. The highest BCUT2D eigenvalue weighted by molar-refractivity contribution is 5.91. The second-order valence-electron chi connectivity index (χ2n) is 6.37. The molecule has 0 fully saturated rings. The van der Waals surface area contributed by atoms with Gasteiger partial charge in [-0.1, -0.05) is 23.8 Å². The molecule has 1 aromatic heterocycles. The molecular formula is C22H24N2O4. The lowest BCUT2D eigenvalue weighted by Crippen LogP contribution is -2.20. The summed E-state index contributed by atoms with van der Waals surface area (Å²) in [6, 6.07) is 17.0. The van der Waals surface area contributed by atoms with Crippen molar-refractivity contribution < 1.29 is 18.7 Å².